The van der Waals surface area contributed by atoms with E-state index in [-0.39, 0.29) is 30.3 Å². The Labute approximate surface area is 185 Å². The van der Waals surface area contributed by atoms with Gasteiger partial charge in [0.2, 0.25) is 11.8 Å². The summed E-state index contributed by atoms with van der Waals surface area (Å²) < 4.78 is 5.32. The topological polar surface area (TPSA) is 79.0 Å². The zero-order chi connectivity index (χ0) is 22.2. The van der Waals surface area contributed by atoms with Crippen LogP contribution in [0.25, 0.3) is 0 Å². The van der Waals surface area contributed by atoms with Gasteiger partial charge in [-0.25, -0.2) is 4.79 Å². The zero-order valence-electron chi connectivity index (χ0n) is 18.7. The van der Waals surface area contributed by atoms with Crippen LogP contribution in [0.3, 0.4) is 0 Å². The van der Waals surface area contributed by atoms with Gasteiger partial charge >= 0.3 is 6.09 Å². The number of carbonyl (C=O) groups excluding carboxylic acids is 3. The molecule has 3 rings (SSSR count). The van der Waals surface area contributed by atoms with E-state index in [1.807, 2.05) is 49.1 Å². The lowest BCUT2D eigenvalue weighted by atomic mass is 9.97. The molecule has 1 saturated carbocycles. The minimum Gasteiger partial charge on any atom is -0.445 e. The van der Waals surface area contributed by atoms with Crippen molar-refractivity contribution in [3.63, 3.8) is 0 Å². The van der Waals surface area contributed by atoms with E-state index < -0.39 is 12.1 Å². The molecule has 1 aliphatic heterocycles. The average molecular weight is 430 g/mol. The normalized spacial score (nSPS) is 19.0. The van der Waals surface area contributed by atoms with Gasteiger partial charge < -0.3 is 19.9 Å². The summed E-state index contributed by atoms with van der Waals surface area (Å²) in [5, 5.41) is 2.78. The molecule has 1 aromatic carbocycles. The molecule has 170 valence electrons. The average Bonchev–Trinajstić information content (AvgIpc) is 3.35. The van der Waals surface area contributed by atoms with Crippen LogP contribution in [-0.4, -0.2) is 59.9 Å². The van der Waals surface area contributed by atoms with Gasteiger partial charge in [0.05, 0.1) is 0 Å². The molecule has 3 amide bonds. The van der Waals surface area contributed by atoms with Crippen molar-refractivity contribution < 1.29 is 19.1 Å². The van der Waals surface area contributed by atoms with Crippen LogP contribution in [0.1, 0.15) is 51.5 Å². The molecule has 0 aromatic heterocycles. The first-order chi connectivity index (χ1) is 15.0. The van der Waals surface area contributed by atoms with Crippen molar-refractivity contribution in [3.05, 3.63) is 35.9 Å². The van der Waals surface area contributed by atoms with Crippen molar-refractivity contribution in [2.24, 2.45) is 11.8 Å². The largest absolute Gasteiger partial charge is 0.445 e. The van der Waals surface area contributed by atoms with Crippen molar-refractivity contribution in [1.82, 2.24) is 15.1 Å². The highest BCUT2D eigenvalue weighted by Crippen LogP contribution is 2.27. The predicted octanol–water partition coefficient (Wildman–Crippen LogP) is 3.19. The van der Waals surface area contributed by atoms with E-state index in [9.17, 15) is 14.4 Å². The van der Waals surface area contributed by atoms with Crippen LogP contribution in [0.5, 0.6) is 0 Å². The second kappa shape index (κ2) is 11.2. The van der Waals surface area contributed by atoms with Crippen LogP contribution < -0.4 is 5.32 Å². The molecule has 1 saturated heterocycles. The second-order valence-electron chi connectivity index (χ2n) is 8.70. The number of ether oxygens (including phenoxy) is 1. The van der Waals surface area contributed by atoms with Crippen molar-refractivity contribution in [2.45, 2.75) is 58.6 Å². The van der Waals surface area contributed by atoms with Crippen LogP contribution in [0.4, 0.5) is 4.79 Å². The zero-order valence-corrected chi connectivity index (χ0v) is 18.7. The van der Waals surface area contributed by atoms with Crippen LogP contribution in [-0.2, 0) is 20.9 Å². The first-order valence-corrected chi connectivity index (χ1v) is 11.5. The Kier molecular flexibility index (Phi) is 8.32. The molecule has 0 radical (unpaired) electrons. The summed E-state index contributed by atoms with van der Waals surface area (Å²) in [6.45, 7) is 6.26. The lowest BCUT2D eigenvalue weighted by molar-refractivity contribution is -0.143. The molecule has 7 nitrogen and oxygen atoms in total. The van der Waals surface area contributed by atoms with Gasteiger partial charge in [-0.1, -0.05) is 63.4 Å². The molecule has 2 aliphatic rings. The number of rotatable bonds is 7. The molecule has 2 fully saturated rings. The Balaban J connectivity index is 1.52. The van der Waals surface area contributed by atoms with E-state index in [0.717, 1.165) is 37.7 Å². The Morgan fingerprint density at radius 2 is 1.65 bits per heavy atom. The number of carbonyl (C=O) groups is 3. The monoisotopic (exact) mass is 429 g/mol. The number of alkyl carbamates (subject to hydrolysis) is 1. The van der Waals surface area contributed by atoms with Gasteiger partial charge in [0, 0.05) is 32.1 Å². The van der Waals surface area contributed by atoms with Crippen LogP contribution in [0, 0.1) is 11.8 Å². The summed E-state index contributed by atoms with van der Waals surface area (Å²) in [5.74, 6) is 0.288. The van der Waals surface area contributed by atoms with E-state index in [1.165, 1.54) is 0 Å². The van der Waals surface area contributed by atoms with Gasteiger partial charge in [-0.3, -0.25) is 9.59 Å². The molecular formula is C24H35N3O4. The smallest absolute Gasteiger partial charge is 0.408 e. The quantitative estimate of drug-likeness (QED) is 0.722. The van der Waals surface area contributed by atoms with E-state index in [1.54, 1.807) is 4.90 Å². The summed E-state index contributed by atoms with van der Waals surface area (Å²) in [4.78, 5) is 41.9. The number of hydrogen-bond acceptors (Lipinski definition) is 4. The number of piperazine rings is 1. The Bertz CT molecular complexity index is 740. The SMILES string of the molecule is CC[C@H](C)[C@H](NC(=O)OCc1ccccc1)C(=O)N1CCN(C(=O)C2CCCC2)CC1. The Morgan fingerprint density at radius 3 is 2.26 bits per heavy atom. The number of nitrogens with zero attached hydrogens (tertiary/aromatic N) is 2. The van der Waals surface area contributed by atoms with Crippen LogP contribution in [0.15, 0.2) is 30.3 Å². The van der Waals surface area contributed by atoms with Gasteiger partial charge in [0.15, 0.2) is 0 Å². The maximum atomic E-state index is 13.2. The van der Waals surface area contributed by atoms with Crippen molar-refractivity contribution >= 4 is 17.9 Å². The summed E-state index contributed by atoms with van der Waals surface area (Å²) in [5.41, 5.74) is 0.895. The third-order valence-corrected chi connectivity index (χ3v) is 6.57. The molecule has 1 heterocycles. The van der Waals surface area contributed by atoms with E-state index in [4.69, 9.17) is 4.74 Å². The number of hydrogen-bond donors (Lipinski definition) is 1. The van der Waals surface area contributed by atoms with Gasteiger partial charge in [-0.15, -0.1) is 0 Å². The fourth-order valence-corrected chi connectivity index (χ4v) is 4.35. The molecule has 1 aromatic rings. The highest BCUT2D eigenvalue weighted by atomic mass is 16.5. The summed E-state index contributed by atoms with van der Waals surface area (Å²) >= 11 is 0. The van der Waals surface area contributed by atoms with E-state index in [2.05, 4.69) is 5.32 Å². The summed E-state index contributed by atoms with van der Waals surface area (Å²) in [7, 11) is 0. The van der Waals surface area contributed by atoms with Crippen molar-refractivity contribution in [3.8, 4) is 0 Å². The maximum absolute atomic E-state index is 13.2. The number of nitrogens with one attached hydrogen (secondary N) is 1. The fourth-order valence-electron chi connectivity index (χ4n) is 4.35. The molecular weight excluding hydrogens is 394 g/mol. The van der Waals surface area contributed by atoms with Crippen molar-refractivity contribution in [1.29, 1.82) is 0 Å². The van der Waals surface area contributed by atoms with Crippen molar-refractivity contribution in [2.75, 3.05) is 26.2 Å². The van der Waals surface area contributed by atoms with Gasteiger partial charge in [-0.05, 0) is 24.3 Å². The molecule has 2 atom stereocenters. The standard InChI is InChI=1S/C24H35N3O4/c1-3-18(2)21(25-24(30)31-17-19-9-5-4-6-10-19)23(29)27-15-13-26(14-16-27)22(28)20-11-7-8-12-20/h4-6,9-10,18,20-21H,3,7-8,11-17H2,1-2H3,(H,25,30)/t18-,21-/m0/s1. The van der Waals surface area contributed by atoms with Gasteiger partial charge in [-0.2, -0.15) is 0 Å². The van der Waals surface area contributed by atoms with Gasteiger partial charge in [0.25, 0.3) is 0 Å². The van der Waals surface area contributed by atoms with E-state index >= 15 is 0 Å². The predicted molar refractivity (Wildman–Crippen MR) is 118 cm³/mol. The lowest BCUT2D eigenvalue weighted by Crippen LogP contribution is -2.57. The third kappa shape index (κ3) is 6.21. The highest BCUT2D eigenvalue weighted by molar-refractivity contribution is 5.86. The first kappa shape index (κ1) is 23.1. The summed E-state index contributed by atoms with van der Waals surface area (Å²) in [6.07, 6.45) is 4.42. The minimum atomic E-state index is -0.634. The maximum Gasteiger partial charge on any atom is 0.408 e. The lowest BCUT2D eigenvalue weighted by Gasteiger charge is -2.38. The molecule has 0 bridgehead atoms. The third-order valence-electron chi connectivity index (χ3n) is 6.57. The fraction of sp³-hybridized carbons (Fsp3) is 0.625. The highest BCUT2D eigenvalue weighted by Gasteiger charge is 2.34. The molecule has 31 heavy (non-hydrogen) atoms. The first-order valence-electron chi connectivity index (χ1n) is 11.5. The molecule has 1 aliphatic carbocycles. The molecule has 7 heteroatoms. The molecule has 0 spiro atoms. The summed E-state index contributed by atoms with van der Waals surface area (Å²) in [6, 6.07) is 8.82. The Morgan fingerprint density at radius 1 is 1.03 bits per heavy atom. The minimum absolute atomic E-state index is 0.0186. The number of benzene rings is 1. The van der Waals surface area contributed by atoms with E-state index in [0.29, 0.717) is 26.2 Å². The Hall–Kier alpha value is -2.57. The van der Waals surface area contributed by atoms with Gasteiger partial charge in [0.1, 0.15) is 12.6 Å². The van der Waals surface area contributed by atoms with Crippen LogP contribution >= 0.6 is 0 Å². The second-order valence-corrected chi connectivity index (χ2v) is 8.70. The molecule has 1 N–H and O–H groups in total. The number of amides is 3. The van der Waals surface area contributed by atoms with Crippen LogP contribution in [0.2, 0.25) is 0 Å². The molecule has 0 unspecified atom stereocenters.